The van der Waals surface area contributed by atoms with Crippen molar-refractivity contribution >= 4 is 16.7 Å². The molecule has 3 rings (SSSR count). The van der Waals surface area contributed by atoms with Crippen molar-refractivity contribution in [3.63, 3.8) is 0 Å². The fourth-order valence-electron chi connectivity index (χ4n) is 3.38. The molecule has 3 atom stereocenters. The summed E-state index contributed by atoms with van der Waals surface area (Å²) in [6.07, 6.45) is 1.89. The van der Waals surface area contributed by atoms with Crippen LogP contribution in [0.25, 0.3) is 10.8 Å². The number of rotatable bonds is 6. The molecule has 3 N–H and O–H groups in total. The Labute approximate surface area is 138 Å². The number of fused-ring (bicyclic) bond motifs is 1. The summed E-state index contributed by atoms with van der Waals surface area (Å²) >= 11 is 0. The first-order valence-electron chi connectivity index (χ1n) is 8.57. The van der Waals surface area contributed by atoms with Crippen molar-refractivity contribution in [3.8, 4) is 0 Å². The monoisotopic (exact) mass is 310 g/mol. The highest BCUT2D eigenvalue weighted by molar-refractivity contribution is 5.86. The molecule has 2 aromatic carbocycles. The number of amides is 1. The van der Waals surface area contributed by atoms with E-state index in [1.807, 2.05) is 0 Å². The van der Waals surface area contributed by atoms with E-state index in [1.165, 1.54) is 16.3 Å². The van der Waals surface area contributed by atoms with Gasteiger partial charge in [-0.25, -0.2) is 0 Å². The molecule has 1 saturated carbocycles. The van der Waals surface area contributed by atoms with E-state index >= 15 is 0 Å². The molecule has 0 radical (unpaired) electrons. The lowest BCUT2D eigenvalue weighted by atomic mass is 10.0. The minimum atomic E-state index is 0.0975. The molecule has 0 aliphatic heterocycles. The number of hydrogen-bond acceptors (Lipinski definition) is 2. The van der Waals surface area contributed by atoms with Crippen molar-refractivity contribution in [3.05, 3.63) is 48.0 Å². The van der Waals surface area contributed by atoms with Crippen molar-refractivity contribution in [1.29, 1.82) is 0 Å². The topological polar surface area (TPSA) is 55.1 Å². The molecular weight excluding hydrogens is 284 g/mol. The quantitative estimate of drug-likeness (QED) is 0.859. The van der Waals surface area contributed by atoms with Crippen LogP contribution in [0.5, 0.6) is 0 Å². The third-order valence-corrected chi connectivity index (χ3v) is 4.72. The smallest absolute Gasteiger partial charge is 0.224 e. The highest BCUT2D eigenvalue weighted by atomic mass is 16.2. The maximum Gasteiger partial charge on any atom is 0.224 e. The molecule has 0 aromatic heterocycles. The van der Waals surface area contributed by atoms with Crippen LogP contribution < -0.4 is 11.1 Å². The Morgan fingerprint density at radius 3 is 2.65 bits per heavy atom. The van der Waals surface area contributed by atoms with Crippen LogP contribution in [0, 0.1) is 11.8 Å². The first kappa shape index (κ1) is 16.0. The van der Waals surface area contributed by atoms with Gasteiger partial charge < -0.3 is 11.1 Å². The summed E-state index contributed by atoms with van der Waals surface area (Å²) in [6, 6.07) is 15.0. The lowest BCUT2D eigenvalue weighted by Gasteiger charge is -2.18. The van der Waals surface area contributed by atoms with Crippen LogP contribution in [-0.4, -0.2) is 18.5 Å². The maximum absolute atomic E-state index is 12.4. The van der Waals surface area contributed by atoms with E-state index in [-0.39, 0.29) is 17.9 Å². The van der Waals surface area contributed by atoms with E-state index in [0.717, 1.165) is 12.8 Å². The predicted octanol–water partition coefficient (Wildman–Crippen LogP) is 3.43. The molecular formula is C20H26N2O. The summed E-state index contributed by atoms with van der Waals surface area (Å²) in [6.45, 7) is 4.82. The average Bonchev–Trinajstić information content (AvgIpc) is 3.34. The zero-order valence-corrected chi connectivity index (χ0v) is 14.0. The first-order valence-corrected chi connectivity index (χ1v) is 8.57. The molecule has 3 unspecified atom stereocenters. The van der Waals surface area contributed by atoms with Gasteiger partial charge in [0.15, 0.2) is 0 Å². The fraction of sp³-hybridized carbons (Fsp3) is 0.450. The van der Waals surface area contributed by atoms with E-state index in [2.05, 4.69) is 61.6 Å². The second-order valence-corrected chi connectivity index (χ2v) is 7.13. The van der Waals surface area contributed by atoms with Crippen molar-refractivity contribution in [1.82, 2.24) is 5.32 Å². The molecule has 1 fully saturated rings. The number of nitrogens with two attached hydrogens (primary N) is 1. The van der Waals surface area contributed by atoms with E-state index < -0.39 is 0 Å². The molecule has 3 heteroatoms. The van der Waals surface area contributed by atoms with E-state index in [9.17, 15) is 4.79 Å². The molecule has 1 aliphatic carbocycles. The van der Waals surface area contributed by atoms with Gasteiger partial charge in [-0.3, -0.25) is 4.79 Å². The molecule has 1 amide bonds. The summed E-state index contributed by atoms with van der Waals surface area (Å²) in [7, 11) is 0. The number of hydrogen-bond donors (Lipinski definition) is 2. The van der Waals surface area contributed by atoms with E-state index in [1.54, 1.807) is 0 Å². The first-order chi connectivity index (χ1) is 11.1. The van der Waals surface area contributed by atoms with Crippen LogP contribution >= 0.6 is 0 Å². The van der Waals surface area contributed by atoms with Crippen molar-refractivity contribution < 1.29 is 4.79 Å². The number of carbonyl (C=O) groups excluding carboxylic acids is 1. The summed E-state index contributed by atoms with van der Waals surface area (Å²) < 4.78 is 0. The summed E-state index contributed by atoms with van der Waals surface area (Å²) in [4.78, 5) is 12.4. The van der Waals surface area contributed by atoms with Gasteiger partial charge in [-0.1, -0.05) is 56.3 Å². The second-order valence-electron chi connectivity index (χ2n) is 7.13. The molecule has 2 aromatic rings. The van der Waals surface area contributed by atoms with Crippen LogP contribution in [0.4, 0.5) is 0 Å². The van der Waals surface area contributed by atoms with Crippen LogP contribution in [0.2, 0.25) is 0 Å². The van der Waals surface area contributed by atoms with Gasteiger partial charge in [-0.15, -0.1) is 0 Å². The van der Waals surface area contributed by atoms with Gasteiger partial charge in [-0.2, -0.15) is 0 Å². The molecule has 0 saturated heterocycles. The van der Waals surface area contributed by atoms with Crippen LogP contribution in [0.15, 0.2) is 42.5 Å². The maximum atomic E-state index is 12.4. The molecule has 23 heavy (non-hydrogen) atoms. The summed E-state index contributed by atoms with van der Waals surface area (Å²) in [5.41, 5.74) is 7.06. The third kappa shape index (κ3) is 3.73. The molecule has 3 nitrogen and oxygen atoms in total. The van der Waals surface area contributed by atoms with E-state index in [0.29, 0.717) is 18.4 Å². The van der Waals surface area contributed by atoms with Crippen molar-refractivity contribution in [2.45, 2.75) is 38.6 Å². The minimum Gasteiger partial charge on any atom is -0.352 e. The van der Waals surface area contributed by atoms with E-state index in [4.69, 9.17) is 5.73 Å². The van der Waals surface area contributed by atoms with Gasteiger partial charge >= 0.3 is 0 Å². The van der Waals surface area contributed by atoms with Crippen LogP contribution in [-0.2, 0) is 4.79 Å². The largest absolute Gasteiger partial charge is 0.352 e. The number of nitrogens with one attached hydrogen (secondary N) is 1. The minimum absolute atomic E-state index is 0.0975. The Morgan fingerprint density at radius 1 is 1.22 bits per heavy atom. The van der Waals surface area contributed by atoms with Gasteiger partial charge in [-0.05, 0) is 41.0 Å². The van der Waals surface area contributed by atoms with Gasteiger partial charge in [0.25, 0.3) is 0 Å². The lowest BCUT2D eigenvalue weighted by molar-refractivity contribution is -0.123. The molecule has 0 bridgehead atoms. The second kappa shape index (κ2) is 6.71. The third-order valence-electron chi connectivity index (χ3n) is 4.72. The van der Waals surface area contributed by atoms with Gasteiger partial charge in [0.1, 0.15) is 0 Å². The Balaban J connectivity index is 1.64. The Hall–Kier alpha value is -1.87. The SMILES string of the molecule is CC(C)CC(CN)NC(=O)C1CC1c1ccc2ccccc2c1. The number of benzene rings is 2. The lowest BCUT2D eigenvalue weighted by Crippen LogP contribution is -2.41. The highest BCUT2D eigenvalue weighted by Gasteiger charge is 2.44. The van der Waals surface area contributed by atoms with Crippen molar-refractivity contribution in [2.75, 3.05) is 6.54 Å². The zero-order valence-electron chi connectivity index (χ0n) is 14.0. The molecule has 0 heterocycles. The van der Waals surface area contributed by atoms with Gasteiger partial charge in [0, 0.05) is 18.5 Å². The average molecular weight is 310 g/mol. The highest BCUT2D eigenvalue weighted by Crippen LogP contribution is 2.48. The molecule has 122 valence electrons. The number of carbonyl (C=O) groups is 1. The predicted molar refractivity (Wildman–Crippen MR) is 95.2 cm³/mol. The Morgan fingerprint density at radius 2 is 1.96 bits per heavy atom. The van der Waals surface area contributed by atoms with Crippen LogP contribution in [0.3, 0.4) is 0 Å². The summed E-state index contributed by atoms with van der Waals surface area (Å²) in [5, 5.41) is 5.63. The fourth-order valence-corrected chi connectivity index (χ4v) is 3.38. The molecule has 0 spiro atoms. The Kier molecular flexibility index (Phi) is 4.67. The normalized spacial score (nSPS) is 21.4. The van der Waals surface area contributed by atoms with Gasteiger partial charge in [0.05, 0.1) is 0 Å². The van der Waals surface area contributed by atoms with Gasteiger partial charge in [0.2, 0.25) is 5.91 Å². The molecule has 1 aliphatic rings. The zero-order chi connectivity index (χ0) is 16.4. The summed E-state index contributed by atoms with van der Waals surface area (Å²) in [5.74, 6) is 1.17. The van der Waals surface area contributed by atoms with Crippen molar-refractivity contribution in [2.24, 2.45) is 17.6 Å². The van der Waals surface area contributed by atoms with Crippen LogP contribution in [0.1, 0.15) is 38.2 Å². The standard InChI is InChI=1S/C20H26N2O/c1-13(2)9-17(12-21)22-20(23)19-11-18(19)16-8-7-14-5-3-4-6-15(14)10-16/h3-8,10,13,17-19H,9,11-12,21H2,1-2H3,(H,22,23). The Bertz CT molecular complexity index is 695.